The number of hydrogen-bond acceptors (Lipinski definition) is 2. The highest BCUT2D eigenvalue weighted by molar-refractivity contribution is 5.53. The van der Waals surface area contributed by atoms with E-state index in [0.29, 0.717) is 0 Å². The van der Waals surface area contributed by atoms with Crippen LogP contribution in [0.15, 0.2) is 60.3 Å². The summed E-state index contributed by atoms with van der Waals surface area (Å²) in [4.78, 5) is 0. The predicted octanol–water partition coefficient (Wildman–Crippen LogP) is 3.11. The van der Waals surface area contributed by atoms with Gasteiger partial charge in [-0.05, 0) is 30.7 Å². The van der Waals surface area contributed by atoms with Crippen molar-refractivity contribution >= 4 is 6.08 Å². The van der Waals surface area contributed by atoms with E-state index >= 15 is 0 Å². The van der Waals surface area contributed by atoms with E-state index in [4.69, 9.17) is 4.74 Å². The van der Waals surface area contributed by atoms with Gasteiger partial charge in [-0.15, -0.1) is 0 Å². The Hall–Kier alpha value is -1.80. The van der Waals surface area contributed by atoms with Gasteiger partial charge in [0, 0.05) is 12.8 Å². The first-order valence-electron chi connectivity index (χ1n) is 5.68. The lowest BCUT2D eigenvalue weighted by atomic mass is 10.1. The summed E-state index contributed by atoms with van der Waals surface area (Å²) in [6.45, 7) is 1.99. The number of rotatable bonds is 3. The second-order valence-electron chi connectivity index (χ2n) is 4.16. The van der Waals surface area contributed by atoms with Gasteiger partial charge in [0.1, 0.15) is 0 Å². The summed E-state index contributed by atoms with van der Waals surface area (Å²) >= 11 is 0. The second-order valence-corrected chi connectivity index (χ2v) is 4.16. The summed E-state index contributed by atoms with van der Waals surface area (Å²) in [5, 5.41) is 3.32. The molecule has 1 aliphatic heterocycles. The van der Waals surface area contributed by atoms with E-state index in [1.165, 1.54) is 5.56 Å². The molecule has 0 aromatic heterocycles. The van der Waals surface area contributed by atoms with Crippen molar-refractivity contribution in [2.24, 2.45) is 0 Å². The number of hydrogen-bond donors (Lipinski definition) is 1. The first-order chi connectivity index (χ1) is 8.22. The minimum absolute atomic E-state index is 0.412. The minimum atomic E-state index is -0.412. The average Bonchev–Trinajstić information content (AvgIpc) is 2.38. The Balaban J connectivity index is 2.08. The number of allylic oxidation sites excluding steroid dienone is 3. The van der Waals surface area contributed by atoms with E-state index in [1.807, 2.05) is 43.4 Å². The lowest BCUT2D eigenvalue weighted by Gasteiger charge is -2.29. The highest BCUT2D eigenvalue weighted by Gasteiger charge is 2.21. The van der Waals surface area contributed by atoms with Crippen LogP contribution in [0.4, 0.5) is 0 Å². The Morgan fingerprint density at radius 2 is 1.94 bits per heavy atom. The van der Waals surface area contributed by atoms with Crippen molar-refractivity contribution in [2.45, 2.75) is 12.6 Å². The van der Waals surface area contributed by atoms with Gasteiger partial charge in [-0.3, -0.25) is 0 Å². The van der Waals surface area contributed by atoms with Gasteiger partial charge in [-0.25, -0.2) is 0 Å². The highest BCUT2D eigenvalue weighted by Crippen LogP contribution is 2.15. The fourth-order valence-corrected chi connectivity index (χ4v) is 1.67. The Labute approximate surface area is 102 Å². The molecule has 0 bridgehead atoms. The van der Waals surface area contributed by atoms with Crippen LogP contribution in [0, 0.1) is 0 Å². The first-order valence-corrected chi connectivity index (χ1v) is 5.68. The van der Waals surface area contributed by atoms with Gasteiger partial charge in [-0.1, -0.05) is 42.5 Å². The van der Waals surface area contributed by atoms with Gasteiger partial charge in [-0.2, -0.15) is 0 Å². The molecular formula is C15H17NO. The summed E-state index contributed by atoms with van der Waals surface area (Å²) in [5.41, 5.74) is 1.81. The topological polar surface area (TPSA) is 21.3 Å². The monoisotopic (exact) mass is 227 g/mol. The third-order valence-electron chi connectivity index (χ3n) is 2.76. The molecule has 0 saturated carbocycles. The van der Waals surface area contributed by atoms with Crippen molar-refractivity contribution in [3.63, 3.8) is 0 Å². The molecule has 0 aliphatic carbocycles. The predicted molar refractivity (Wildman–Crippen MR) is 71.2 cm³/mol. The molecule has 2 nitrogen and oxygen atoms in total. The quantitative estimate of drug-likeness (QED) is 0.856. The zero-order chi connectivity index (χ0) is 12.1. The first kappa shape index (κ1) is 11.7. The van der Waals surface area contributed by atoms with Gasteiger partial charge in [0.15, 0.2) is 5.72 Å². The van der Waals surface area contributed by atoms with Crippen molar-refractivity contribution in [1.29, 1.82) is 0 Å². The molecule has 0 fully saturated rings. The molecule has 2 heteroatoms. The van der Waals surface area contributed by atoms with E-state index in [1.54, 1.807) is 7.11 Å². The molecule has 1 aliphatic rings. The van der Waals surface area contributed by atoms with Gasteiger partial charge in [0.05, 0.1) is 0 Å². The van der Waals surface area contributed by atoms with Gasteiger partial charge < -0.3 is 10.1 Å². The summed E-state index contributed by atoms with van der Waals surface area (Å²) in [5.74, 6) is 0. The lowest BCUT2D eigenvalue weighted by Crippen LogP contribution is -2.42. The Morgan fingerprint density at radius 3 is 2.65 bits per heavy atom. The van der Waals surface area contributed by atoms with Crippen LogP contribution in [-0.2, 0) is 4.74 Å². The van der Waals surface area contributed by atoms with Crippen LogP contribution in [0.2, 0.25) is 0 Å². The third-order valence-corrected chi connectivity index (χ3v) is 2.76. The van der Waals surface area contributed by atoms with Crippen molar-refractivity contribution in [2.75, 3.05) is 7.11 Å². The van der Waals surface area contributed by atoms with Crippen LogP contribution < -0.4 is 5.32 Å². The molecule has 1 unspecified atom stereocenters. The van der Waals surface area contributed by atoms with Crippen LogP contribution in [0.5, 0.6) is 0 Å². The van der Waals surface area contributed by atoms with Crippen molar-refractivity contribution < 1.29 is 4.74 Å². The number of methoxy groups -OCH3 is 1. The standard InChI is InChI=1S/C15H17NO/c1-15(17-2)12-6-9-14(16-15)11-10-13-7-4-3-5-8-13/h3-12,16H,1-2H3. The zero-order valence-electron chi connectivity index (χ0n) is 10.2. The Bertz CT molecular complexity index is 459. The number of nitrogens with one attached hydrogen (secondary N) is 1. The SMILES string of the molecule is COC1(C)C=CC=C(C=Cc2ccccc2)N1. The largest absolute Gasteiger partial charge is 0.356 e. The number of dihydropyridines is 1. The van der Waals surface area contributed by atoms with Gasteiger partial charge >= 0.3 is 0 Å². The third kappa shape index (κ3) is 3.08. The summed E-state index contributed by atoms with van der Waals surface area (Å²) in [6, 6.07) is 10.2. The summed E-state index contributed by atoms with van der Waals surface area (Å²) < 4.78 is 5.39. The number of ether oxygens (including phenoxy) is 1. The maximum atomic E-state index is 5.39. The fourth-order valence-electron chi connectivity index (χ4n) is 1.67. The lowest BCUT2D eigenvalue weighted by molar-refractivity contribution is 0.0274. The molecule has 0 saturated heterocycles. The molecule has 1 atom stereocenters. The van der Waals surface area contributed by atoms with Crippen LogP contribution >= 0.6 is 0 Å². The Kier molecular flexibility index (Phi) is 3.45. The average molecular weight is 227 g/mol. The molecule has 2 rings (SSSR count). The van der Waals surface area contributed by atoms with Crippen LogP contribution in [0.1, 0.15) is 12.5 Å². The van der Waals surface area contributed by atoms with E-state index in [2.05, 4.69) is 29.6 Å². The molecule has 17 heavy (non-hydrogen) atoms. The molecule has 0 amide bonds. The highest BCUT2D eigenvalue weighted by atomic mass is 16.5. The molecule has 1 aromatic rings. The number of benzene rings is 1. The zero-order valence-corrected chi connectivity index (χ0v) is 10.2. The smallest absolute Gasteiger partial charge is 0.155 e. The van der Waals surface area contributed by atoms with Crippen molar-refractivity contribution in [3.05, 3.63) is 65.9 Å². The molecule has 0 spiro atoms. The van der Waals surface area contributed by atoms with E-state index in [-0.39, 0.29) is 0 Å². The van der Waals surface area contributed by atoms with E-state index in [9.17, 15) is 0 Å². The van der Waals surface area contributed by atoms with E-state index in [0.717, 1.165) is 5.70 Å². The van der Waals surface area contributed by atoms with Gasteiger partial charge in [0.25, 0.3) is 0 Å². The summed E-state index contributed by atoms with van der Waals surface area (Å²) in [7, 11) is 1.70. The van der Waals surface area contributed by atoms with Crippen LogP contribution in [-0.4, -0.2) is 12.8 Å². The molecule has 1 heterocycles. The second kappa shape index (κ2) is 5.02. The Morgan fingerprint density at radius 1 is 1.18 bits per heavy atom. The van der Waals surface area contributed by atoms with E-state index < -0.39 is 5.72 Å². The summed E-state index contributed by atoms with van der Waals surface area (Å²) in [6.07, 6.45) is 10.2. The van der Waals surface area contributed by atoms with Crippen LogP contribution in [0.25, 0.3) is 6.08 Å². The normalized spacial score (nSPS) is 23.5. The molecule has 1 N–H and O–H groups in total. The van der Waals surface area contributed by atoms with Crippen molar-refractivity contribution in [3.8, 4) is 0 Å². The molecule has 88 valence electrons. The van der Waals surface area contributed by atoms with Gasteiger partial charge in [0.2, 0.25) is 0 Å². The fraction of sp³-hybridized carbons (Fsp3) is 0.200. The molecule has 0 radical (unpaired) electrons. The maximum Gasteiger partial charge on any atom is 0.155 e. The molecular weight excluding hydrogens is 210 g/mol. The van der Waals surface area contributed by atoms with Crippen molar-refractivity contribution in [1.82, 2.24) is 5.32 Å². The minimum Gasteiger partial charge on any atom is -0.356 e. The molecule has 1 aromatic carbocycles. The van der Waals surface area contributed by atoms with Crippen LogP contribution in [0.3, 0.4) is 0 Å². The maximum absolute atomic E-state index is 5.39.